The van der Waals surface area contributed by atoms with Crippen LogP contribution in [0.4, 0.5) is 0 Å². The van der Waals surface area contributed by atoms with Crippen LogP contribution in [0.25, 0.3) is 21.5 Å². The van der Waals surface area contributed by atoms with Gasteiger partial charge >= 0.3 is 0 Å². The minimum Gasteiger partial charge on any atom is -0.497 e. The summed E-state index contributed by atoms with van der Waals surface area (Å²) >= 11 is 0. The second-order valence-electron chi connectivity index (χ2n) is 4.90. The molecule has 0 saturated heterocycles. The lowest BCUT2D eigenvalue weighted by Crippen LogP contribution is -1.94. The second-order valence-corrected chi connectivity index (χ2v) is 4.90. The number of hydrogen-bond donors (Lipinski definition) is 0. The van der Waals surface area contributed by atoms with Crippen molar-refractivity contribution in [2.75, 3.05) is 21.3 Å². The minimum absolute atomic E-state index is 0.0354. The lowest BCUT2D eigenvalue weighted by Gasteiger charge is -2.09. The van der Waals surface area contributed by atoms with E-state index >= 15 is 0 Å². The van der Waals surface area contributed by atoms with Gasteiger partial charge in [0, 0.05) is 5.39 Å². The largest absolute Gasteiger partial charge is 0.497 e. The molecule has 0 aromatic heterocycles. The summed E-state index contributed by atoms with van der Waals surface area (Å²) in [6.07, 6.45) is 0. The highest BCUT2D eigenvalue weighted by Gasteiger charge is 2.09. The van der Waals surface area contributed by atoms with Crippen molar-refractivity contribution >= 4 is 21.5 Å². The van der Waals surface area contributed by atoms with E-state index in [0.717, 1.165) is 16.2 Å². The van der Waals surface area contributed by atoms with Gasteiger partial charge in [-0.1, -0.05) is 6.07 Å². The van der Waals surface area contributed by atoms with Gasteiger partial charge in [0.2, 0.25) is 0 Å². The van der Waals surface area contributed by atoms with Gasteiger partial charge in [-0.3, -0.25) is 4.79 Å². The molecule has 0 unspecified atom stereocenters. The molecule has 0 spiro atoms. The summed E-state index contributed by atoms with van der Waals surface area (Å²) in [7, 11) is 4.79. The van der Waals surface area contributed by atoms with Gasteiger partial charge in [0.1, 0.15) is 5.75 Å². The zero-order chi connectivity index (χ0) is 15.7. The Morgan fingerprint density at radius 3 is 2.09 bits per heavy atom. The maximum atomic E-state index is 12.3. The summed E-state index contributed by atoms with van der Waals surface area (Å²) in [5.74, 6) is 1.96. The van der Waals surface area contributed by atoms with Crippen LogP contribution >= 0.6 is 0 Å². The molecule has 0 fully saturated rings. The molecule has 0 saturated carbocycles. The highest BCUT2D eigenvalue weighted by atomic mass is 16.5. The number of hydrogen-bond acceptors (Lipinski definition) is 4. The van der Waals surface area contributed by atoms with Crippen molar-refractivity contribution in [1.82, 2.24) is 0 Å². The smallest absolute Gasteiger partial charge is 0.186 e. The SMILES string of the molecule is COc1ccc2c(=O)ccc3cc(OC)c(OC)cc3c2c1. The van der Waals surface area contributed by atoms with Crippen LogP contribution in [-0.2, 0) is 0 Å². The Labute approximate surface area is 127 Å². The fraction of sp³-hybridized carbons (Fsp3) is 0.167. The molecule has 0 heterocycles. The molecule has 22 heavy (non-hydrogen) atoms. The molecule has 0 radical (unpaired) electrons. The highest BCUT2D eigenvalue weighted by molar-refractivity contribution is 6.07. The standard InChI is InChI=1S/C18H16O4/c1-20-12-5-6-13-15(9-12)14-10-18(22-3)17(21-2)8-11(14)4-7-16(13)19/h4-10H,1-3H3. The first-order valence-corrected chi connectivity index (χ1v) is 6.84. The van der Waals surface area contributed by atoms with Gasteiger partial charge in [-0.25, -0.2) is 0 Å². The van der Waals surface area contributed by atoms with Crippen LogP contribution in [0.1, 0.15) is 0 Å². The fourth-order valence-corrected chi connectivity index (χ4v) is 2.61. The monoisotopic (exact) mass is 296 g/mol. The lowest BCUT2D eigenvalue weighted by atomic mass is 10.1. The molecule has 0 N–H and O–H groups in total. The zero-order valence-corrected chi connectivity index (χ0v) is 12.7. The van der Waals surface area contributed by atoms with Gasteiger partial charge in [0.15, 0.2) is 16.9 Å². The van der Waals surface area contributed by atoms with E-state index < -0.39 is 0 Å². The first-order valence-electron chi connectivity index (χ1n) is 6.84. The quantitative estimate of drug-likeness (QED) is 0.743. The minimum atomic E-state index is -0.0354. The normalized spacial score (nSPS) is 10.7. The van der Waals surface area contributed by atoms with Crippen LogP contribution in [0.3, 0.4) is 0 Å². The van der Waals surface area contributed by atoms with Gasteiger partial charge in [0.25, 0.3) is 0 Å². The first-order chi connectivity index (χ1) is 10.7. The highest BCUT2D eigenvalue weighted by Crippen LogP contribution is 2.35. The molecule has 0 bridgehead atoms. The molecule has 0 atom stereocenters. The van der Waals surface area contributed by atoms with E-state index in [4.69, 9.17) is 14.2 Å². The average Bonchev–Trinajstić information content (AvgIpc) is 2.70. The van der Waals surface area contributed by atoms with Gasteiger partial charge < -0.3 is 14.2 Å². The second kappa shape index (κ2) is 5.56. The fourth-order valence-electron chi connectivity index (χ4n) is 2.61. The van der Waals surface area contributed by atoms with Crippen LogP contribution in [0.15, 0.2) is 47.3 Å². The molecule has 3 aromatic carbocycles. The maximum Gasteiger partial charge on any atom is 0.186 e. The molecule has 3 rings (SSSR count). The van der Waals surface area contributed by atoms with E-state index in [0.29, 0.717) is 22.6 Å². The van der Waals surface area contributed by atoms with Crippen LogP contribution in [0.5, 0.6) is 17.2 Å². The van der Waals surface area contributed by atoms with E-state index in [2.05, 4.69) is 0 Å². The summed E-state index contributed by atoms with van der Waals surface area (Å²) in [5, 5.41) is 3.28. The third kappa shape index (κ3) is 2.22. The summed E-state index contributed by atoms with van der Waals surface area (Å²) in [6.45, 7) is 0. The van der Waals surface area contributed by atoms with E-state index in [1.54, 1.807) is 45.6 Å². The number of benzene rings is 2. The van der Waals surface area contributed by atoms with Crippen molar-refractivity contribution in [1.29, 1.82) is 0 Å². The topological polar surface area (TPSA) is 44.8 Å². The molecule has 0 aliphatic carbocycles. The molecule has 4 nitrogen and oxygen atoms in total. The van der Waals surface area contributed by atoms with Gasteiger partial charge in [-0.15, -0.1) is 0 Å². The van der Waals surface area contributed by atoms with Crippen LogP contribution in [0.2, 0.25) is 0 Å². The average molecular weight is 296 g/mol. The van der Waals surface area contributed by atoms with Crippen molar-refractivity contribution in [3.05, 3.63) is 52.7 Å². The molecule has 0 amide bonds. The molecule has 0 aliphatic heterocycles. The molecule has 4 heteroatoms. The van der Waals surface area contributed by atoms with Crippen molar-refractivity contribution in [2.24, 2.45) is 0 Å². The van der Waals surface area contributed by atoms with Crippen molar-refractivity contribution in [3.8, 4) is 17.2 Å². The Morgan fingerprint density at radius 2 is 1.41 bits per heavy atom. The Kier molecular flexibility index (Phi) is 3.59. The van der Waals surface area contributed by atoms with Crippen LogP contribution < -0.4 is 19.6 Å². The molecule has 112 valence electrons. The Morgan fingerprint density at radius 1 is 0.682 bits per heavy atom. The lowest BCUT2D eigenvalue weighted by molar-refractivity contribution is 0.356. The van der Waals surface area contributed by atoms with Gasteiger partial charge in [-0.05, 0) is 52.6 Å². The molecular formula is C18H16O4. The number of fused-ring (bicyclic) bond motifs is 3. The van der Waals surface area contributed by atoms with Gasteiger partial charge in [-0.2, -0.15) is 0 Å². The zero-order valence-electron chi connectivity index (χ0n) is 12.7. The number of methoxy groups -OCH3 is 3. The van der Waals surface area contributed by atoms with E-state index in [9.17, 15) is 4.79 Å². The predicted molar refractivity (Wildman–Crippen MR) is 87.4 cm³/mol. The van der Waals surface area contributed by atoms with Crippen LogP contribution in [0, 0.1) is 0 Å². The van der Waals surface area contributed by atoms with Gasteiger partial charge in [0.05, 0.1) is 21.3 Å². The summed E-state index contributed by atoms with van der Waals surface area (Å²) < 4.78 is 16.0. The van der Waals surface area contributed by atoms with E-state index in [1.165, 1.54) is 0 Å². The number of rotatable bonds is 3. The predicted octanol–water partition coefficient (Wildman–Crippen LogP) is 3.38. The first kappa shape index (κ1) is 14.2. The van der Waals surface area contributed by atoms with Crippen molar-refractivity contribution in [2.45, 2.75) is 0 Å². The molecule has 3 aromatic rings. The third-order valence-corrected chi connectivity index (χ3v) is 3.75. The van der Waals surface area contributed by atoms with Crippen molar-refractivity contribution in [3.63, 3.8) is 0 Å². The summed E-state index contributed by atoms with van der Waals surface area (Å²) in [6, 6.07) is 12.6. The summed E-state index contributed by atoms with van der Waals surface area (Å²) in [4.78, 5) is 12.3. The van der Waals surface area contributed by atoms with Crippen molar-refractivity contribution < 1.29 is 14.2 Å². The Balaban J connectivity index is 2.54. The maximum absolute atomic E-state index is 12.3. The molecule has 0 aliphatic rings. The Bertz CT molecular complexity index is 916. The van der Waals surface area contributed by atoms with E-state index in [1.807, 2.05) is 18.2 Å². The summed E-state index contributed by atoms with van der Waals surface area (Å²) in [5.41, 5.74) is -0.0354. The van der Waals surface area contributed by atoms with Crippen LogP contribution in [-0.4, -0.2) is 21.3 Å². The van der Waals surface area contributed by atoms with E-state index in [-0.39, 0.29) is 5.43 Å². The third-order valence-electron chi connectivity index (χ3n) is 3.75. The Hall–Kier alpha value is -2.75. The number of ether oxygens (including phenoxy) is 3. The molecular weight excluding hydrogens is 280 g/mol.